The summed E-state index contributed by atoms with van der Waals surface area (Å²) in [5, 5.41) is 12.7. The Balaban J connectivity index is 1.84. The highest BCUT2D eigenvalue weighted by Crippen LogP contribution is 2.46. The molecule has 0 aliphatic rings. The van der Waals surface area contributed by atoms with Gasteiger partial charge in [-0.1, -0.05) is 26.0 Å². The van der Waals surface area contributed by atoms with Crippen molar-refractivity contribution in [2.75, 3.05) is 18.5 Å². The summed E-state index contributed by atoms with van der Waals surface area (Å²) in [5.74, 6) is 0.592. The average molecular weight is 483 g/mol. The van der Waals surface area contributed by atoms with Gasteiger partial charge in [-0.25, -0.2) is 4.98 Å². The van der Waals surface area contributed by atoms with E-state index in [-0.39, 0.29) is 11.8 Å². The first-order valence-electron chi connectivity index (χ1n) is 11.5. The number of nitrogens with zero attached hydrogens (tertiary/aromatic N) is 3. The number of aryl methyl sites for hydroxylation is 2. The van der Waals surface area contributed by atoms with E-state index in [1.807, 2.05) is 36.6 Å². The molecule has 0 radical (unpaired) electrons. The Morgan fingerprint density at radius 3 is 2.41 bits per heavy atom. The lowest BCUT2D eigenvalue weighted by molar-refractivity contribution is -0.116. The van der Waals surface area contributed by atoms with Crippen LogP contribution in [0.4, 0.5) is 5.95 Å². The predicted molar refractivity (Wildman–Crippen MR) is 133 cm³/mol. The molecule has 2 aromatic carbocycles. The van der Waals surface area contributed by atoms with Crippen LogP contribution in [0.3, 0.4) is 0 Å². The van der Waals surface area contributed by atoms with Crippen LogP contribution in [0.2, 0.25) is 0 Å². The molecule has 0 unspecified atom stereocenters. The van der Waals surface area contributed by atoms with Crippen LogP contribution in [0, 0.1) is 17.2 Å². The van der Waals surface area contributed by atoms with Crippen molar-refractivity contribution in [3.63, 3.8) is 0 Å². The molecule has 1 aromatic heterocycles. The molecule has 1 amide bonds. The van der Waals surface area contributed by atoms with E-state index in [4.69, 9.17) is 9.05 Å². The highest BCUT2D eigenvalue weighted by molar-refractivity contribution is 7.62. The van der Waals surface area contributed by atoms with Gasteiger partial charge in [-0.3, -0.25) is 14.7 Å². The Morgan fingerprint density at radius 1 is 1.15 bits per heavy atom. The standard InChI is InChI=1S/C25H31N4O4P/c1-5-32-34(31,33-6-2)21-10-7-19(8-11-21)13-14-29-23-12-9-20(17-26)16-22(23)27-25(29)28-24(30)15-18(3)4/h7-12,16,18H,5-6,13-15H2,1-4H3,(H,27,28,30). The maximum atomic E-state index is 13.0. The highest BCUT2D eigenvalue weighted by Gasteiger charge is 2.26. The fourth-order valence-electron chi connectivity index (χ4n) is 3.68. The number of aromatic nitrogens is 2. The number of hydrogen-bond donors (Lipinski definition) is 1. The van der Waals surface area contributed by atoms with Gasteiger partial charge in [0.15, 0.2) is 0 Å². The molecule has 8 nitrogen and oxygen atoms in total. The smallest absolute Gasteiger partial charge is 0.310 e. The Hall–Kier alpha value is -2.98. The van der Waals surface area contributed by atoms with Gasteiger partial charge in [0.1, 0.15) is 0 Å². The summed E-state index contributed by atoms with van der Waals surface area (Å²) in [6.45, 7) is 8.70. The molecule has 0 atom stereocenters. The Bertz CT molecular complexity index is 1220. The van der Waals surface area contributed by atoms with E-state index in [1.54, 1.807) is 38.1 Å². The molecule has 3 rings (SSSR count). The number of hydrogen-bond acceptors (Lipinski definition) is 6. The first kappa shape index (κ1) is 25.6. The molecule has 0 fully saturated rings. The molecule has 0 bridgehead atoms. The van der Waals surface area contributed by atoms with Crippen LogP contribution in [0.15, 0.2) is 42.5 Å². The fourth-order valence-corrected chi connectivity index (χ4v) is 5.25. The molecule has 0 spiro atoms. The predicted octanol–water partition coefficient (Wildman–Crippen LogP) is 5.03. The molecule has 180 valence electrons. The summed E-state index contributed by atoms with van der Waals surface area (Å²) in [7, 11) is -3.32. The van der Waals surface area contributed by atoms with Gasteiger partial charge < -0.3 is 13.6 Å². The summed E-state index contributed by atoms with van der Waals surface area (Å²) in [4.78, 5) is 17.0. The molecule has 0 aliphatic heterocycles. The third kappa shape index (κ3) is 6.12. The second-order valence-electron chi connectivity index (χ2n) is 8.30. The molecule has 3 aromatic rings. The maximum Gasteiger partial charge on any atom is 0.361 e. The molecular formula is C25H31N4O4P. The number of nitrogens with one attached hydrogen (secondary N) is 1. The van der Waals surface area contributed by atoms with E-state index in [0.29, 0.717) is 54.9 Å². The van der Waals surface area contributed by atoms with Gasteiger partial charge in [0.25, 0.3) is 0 Å². The Labute approximate surface area is 200 Å². The minimum Gasteiger partial charge on any atom is -0.310 e. The third-order valence-corrected chi connectivity index (χ3v) is 7.32. The molecular weight excluding hydrogens is 451 g/mol. The number of anilines is 1. The van der Waals surface area contributed by atoms with Crippen molar-refractivity contribution in [2.24, 2.45) is 5.92 Å². The van der Waals surface area contributed by atoms with Gasteiger partial charge in [0.2, 0.25) is 11.9 Å². The quantitative estimate of drug-likeness (QED) is 0.384. The topological polar surface area (TPSA) is 106 Å². The van der Waals surface area contributed by atoms with Crippen LogP contribution in [-0.2, 0) is 31.4 Å². The zero-order valence-electron chi connectivity index (χ0n) is 20.1. The minimum absolute atomic E-state index is 0.0981. The van der Waals surface area contributed by atoms with E-state index in [9.17, 15) is 14.6 Å². The molecule has 34 heavy (non-hydrogen) atoms. The SMILES string of the molecule is CCOP(=O)(OCC)c1ccc(CCn2c(NC(=O)CC(C)C)nc3cc(C#N)ccc32)cc1. The van der Waals surface area contributed by atoms with Gasteiger partial charge in [-0.2, -0.15) is 5.26 Å². The summed E-state index contributed by atoms with van der Waals surface area (Å²) >= 11 is 0. The normalized spacial score (nSPS) is 11.6. The van der Waals surface area contributed by atoms with E-state index in [2.05, 4.69) is 16.4 Å². The summed E-state index contributed by atoms with van der Waals surface area (Å²) in [5.41, 5.74) is 3.04. The van der Waals surface area contributed by atoms with E-state index >= 15 is 0 Å². The average Bonchev–Trinajstić information content (AvgIpc) is 3.13. The number of amides is 1. The van der Waals surface area contributed by atoms with Gasteiger partial charge in [0, 0.05) is 13.0 Å². The lowest BCUT2D eigenvalue weighted by Crippen LogP contribution is -2.18. The first-order chi connectivity index (χ1) is 16.3. The minimum atomic E-state index is -3.32. The number of carbonyl (C=O) groups is 1. The molecule has 1 N–H and O–H groups in total. The fraction of sp³-hybridized carbons (Fsp3) is 0.400. The van der Waals surface area contributed by atoms with Crippen LogP contribution >= 0.6 is 7.60 Å². The first-order valence-corrected chi connectivity index (χ1v) is 13.0. The zero-order valence-corrected chi connectivity index (χ0v) is 21.0. The molecule has 1 heterocycles. The Kier molecular flexibility index (Phi) is 8.62. The number of rotatable bonds is 11. The zero-order chi connectivity index (χ0) is 24.7. The maximum absolute atomic E-state index is 13.0. The lowest BCUT2D eigenvalue weighted by Gasteiger charge is -2.17. The van der Waals surface area contributed by atoms with Crippen LogP contribution in [0.1, 0.15) is 45.2 Å². The second-order valence-corrected chi connectivity index (χ2v) is 10.3. The van der Waals surface area contributed by atoms with Crippen LogP contribution in [0.5, 0.6) is 0 Å². The van der Waals surface area contributed by atoms with Crippen molar-refractivity contribution in [3.05, 3.63) is 53.6 Å². The van der Waals surface area contributed by atoms with Crippen molar-refractivity contribution in [1.82, 2.24) is 9.55 Å². The van der Waals surface area contributed by atoms with Crippen molar-refractivity contribution >= 4 is 35.8 Å². The van der Waals surface area contributed by atoms with Gasteiger partial charge in [-0.05, 0) is 62.1 Å². The third-order valence-electron chi connectivity index (χ3n) is 5.20. The van der Waals surface area contributed by atoms with E-state index in [1.165, 1.54) is 0 Å². The van der Waals surface area contributed by atoms with Crippen molar-refractivity contribution in [1.29, 1.82) is 5.26 Å². The highest BCUT2D eigenvalue weighted by atomic mass is 31.2. The van der Waals surface area contributed by atoms with E-state index < -0.39 is 7.60 Å². The molecule has 0 aliphatic carbocycles. The van der Waals surface area contributed by atoms with Gasteiger partial charge >= 0.3 is 7.60 Å². The largest absolute Gasteiger partial charge is 0.361 e. The number of fused-ring (bicyclic) bond motifs is 1. The summed E-state index contributed by atoms with van der Waals surface area (Å²) < 4.78 is 25.8. The van der Waals surface area contributed by atoms with Crippen LogP contribution in [0.25, 0.3) is 11.0 Å². The van der Waals surface area contributed by atoms with Crippen LogP contribution in [-0.4, -0.2) is 28.7 Å². The van der Waals surface area contributed by atoms with Crippen molar-refractivity contribution in [3.8, 4) is 6.07 Å². The summed E-state index contributed by atoms with van der Waals surface area (Å²) in [6, 6.07) is 14.8. The molecule has 0 saturated carbocycles. The molecule has 9 heteroatoms. The lowest BCUT2D eigenvalue weighted by atomic mass is 10.1. The second kappa shape index (κ2) is 11.4. The summed E-state index contributed by atoms with van der Waals surface area (Å²) in [6.07, 6.45) is 1.06. The number of imidazole rings is 1. The van der Waals surface area contributed by atoms with Crippen molar-refractivity contribution in [2.45, 2.75) is 47.1 Å². The van der Waals surface area contributed by atoms with Crippen LogP contribution < -0.4 is 10.6 Å². The van der Waals surface area contributed by atoms with E-state index in [0.717, 1.165) is 11.1 Å². The van der Waals surface area contributed by atoms with Gasteiger partial charge in [0.05, 0.1) is 41.2 Å². The Morgan fingerprint density at radius 2 is 1.82 bits per heavy atom. The van der Waals surface area contributed by atoms with Gasteiger partial charge in [-0.15, -0.1) is 0 Å². The number of nitriles is 1. The number of carbonyl (C=O) groups excluding carboxylic acids is 1. The molecule has 0 saturated heterocycles. The monoisotopic (exact) mass is 482 g/mol. The van der Waals surface area contributed by atoms with Crippen molar-refractivity contribution < 1.29 is 18.4 Å². The number of benzene rings is 2.